The van der Waals surface area contributed by atoms with E-state index in [-0.39, 0.29) is 36.5 Å². The third-order valence-electron chi connectivity index (χ3n) is 6.17. The molecule has 1 aromatic carbocycles. The number of benzene rings is 1. The van der Waals surface area contributed by atoms with Gasteiger partial charge in [-0.2, -0.15) is 0 Å². The number of methoxy groups -OCH3 is 1. The molecule has 2 atom stereocenters. The van der Waals surface area contributed by atoms with E-state index < -0.39 is 0 Å². The van der Waals surface area contributed by atoms with E-state index >= 15 is 0 Å². The lowest BCUT2D eigenvalue weighted by molar-refractivity contribution is -0.124. The van der Waals surface area contributed by atoms with Gasteiger partial charge in [0.15, 0.2) is 17.3 Å². The number of carbonyl (C=O) groups is 2. The number of Topliss-reactive ketones (excluding diaryl/α,β-unsaturated/α-hetero) is 1. The minimum Gasteiger partial charge on any atom is -0.504 e. The number of aliphatic hydroxyl groups excluding tert-OH is 1. The summed E-state index contributed by atoms with van der Waals surface area (Å²) in [4.78, 5) is 24.8. The maximum absolute atomic E-state index is 12.5. The van der Waals surface area contributed by atoms with Crippen LogP contribution < -0.4 is 15.8 Å². The Kier molecular flexibility index (Phi) is 12.3. The van der Waals surface area contributed by atoms with Crippen LogP contribution in [0, 0.1) is 5.92 Å². The first-order chi connectivity index (χ1) is 16.9. The van der Waals surface area contributed by atoms with Gasteiger partial charge in [-0.1, -0.05) is 38.3 Å². The summed E-state index contributed by atoms with van der Waals surface area (Å²) in [5, 5.41) is 22.3. The van der Waals surface area contributed by atoms with Crippen LogP contribution in [0.1, 0.15) is 69.4 Å². The quantitative estimate of drug-likeness (QED) is 0.205. The first-order valence-corrected chi connectivity index (χ1v) is 12.5. The molecule has 0 amide bonds. The average molecular weight is 485 g/mol. The number of nitrogens with two attached hydrogens (primary N) is 1. The molecule has 0 radical (unpaired) electrons. The molecule has 0 aromatic heterocycles. The average Bonchev–Trinajstić information content (AvgIpc) is 2.83. The Balaban J connectivity index is 1.97. The number of allylic oxidation sites excluding steroid dienone is 3. The number of dihydropyridines is 1. The third-order valence-corrected chi connectivity index (χ3v) is 6.17. The van der Waals surface area contributed by atoms with Gasteiger partial charge in [0.25, 0.3) is 0 Å². The highest BCUT2D eigenvalue weighted by molar-refractivity contribution is 6.06. The lowest BCUT2D eigenvalue weighted by Gasteiger charge is -2.16. The zero-order valence-electron chi connectivity index (χ0n) is 21.0. The van der Waals surface area contributed by atoms with Gasteiger partial charge in [0.05, 0.1) is 19.7 Å². The van der Waals surface area contributed by atoms with Gasteiger partial charge in [-0.05, 0) is 72.6 Å². The number of hydrogen-bond acceptors (Lipinski definition) is 7. The molecule has 0 bridgehead atoms. The van der Waals surface area contributed by atoms with Crippen molar-refractivity contribution in [3.63, 3.8) is 0 Å². The predicted molar refractivity (Wildman–Crippen MR) is 139 cm³/mol. The Hall–Kier alpha value is -2.90. The zero-order valence-corrected chi connectivity index (χ0v) is 21.0. The van der Waals surface area contributed by atoms with Gasteiger partial charge in [-0.25, -0.2) is 0 Å². The van der Waals surface area contributed by atoms with Gasteiger partial charge in [0, 0.05) is 19.2 Å². The summed E-state index contributed by atoms with van der Waals surface area (Å²) < 4.78 is 5.23. The topological polar surface area (TPSA) is 122 Å². The molecule has 2 rings (SSSR count). The molecule has 2 unspecified atom stereocenters. The second-order valence-corrected chi connectivity index (χ2v) is 9.10. The van der Waals surface area contributed by atoms with Gasteiger partial charge in [0.1, 0.15) is 5.78 Å². The molecule has 1 heterocycles. The number of aromatic hydroxyl groups is 1. The number of aliphatic hydroxyl groups is 1. The molecule has 0 spiro atoms. The van der Waals surface area contributed by atoms with E-state index in [2.05, 4.69) is 12.2 Å². The Morgan fingerprint density at radius 2 is 2.00 bits per heavy atom. The number of ketones is 2. The van der Waals surface area contributed by atoms with Crippen LogP contribution in [0.4, 0.5) is 0 Å². The van der Waals surface area contributed by atoms with E-state index in [0.29, 0.717) is 24.5 Å². The number of rotatable bonds is 16. The van der Waals surface area contributed by atoms with E-state index in [0.717, 1.165) is 55.2 Å². The standard InChI is InChI=1S/C28H40N2O5/c1-3-6-20(8-5-14-31)7-4-9-24(32)18-25(33)12-11-22-17-27(35-2)26(34)16-23(22)15-21-10-13-28(29)30-19-21/h10-13,16-17,19-20,28,30-31,34H,3-9,14-15,18,29H2,1-2H3. The molecule has 1 aromatic rings. The van der Waals surface area contributed by atoms with Crippen molar-refractivity contribution in [2.45, 2.75) is 70.9 Å². The van der Waals surface area contributed by atoms with Crippen LogP contribution in [0.3, 0.4) is 0 Å². The summed E-state index contributed by atoms with van der Waals surface area (Å²) in [7, 11) is 1.47. The van der Waals surface area contributed by atoms with Crippen molar-refractivity contribution in [2.24, 2.45) is 11.7 Å². The van der Waals surface area contributed by atoms with Crippen LogP contribution >= 0.6 is 0 Å². The molecule has 0 aliphatic carbocycles. The molecule has 7 nitrogen and oxygen atoms in total. The largest absolute Gasteiger partial charge is 0.504 e. The number of carbonyl (C=O) groups excluding carboxylic acids is 2. The number of hydrogen-bond donors (Lipinski definition) is 4. The molecular formula is C28H40N2O5. The highest BCUT2D eigenvalue weighted by Crippen LogP contribution is 2.32. The Bertz CT molecular complexity index is 936. The normalized spacial score (nSPS) is 16.1. The fraction of sp³-hybridized carbons (Fsp3) is 0.500. The molecule has 7 heteroatoms. The van der Waals surface area contributed by atoms with Crippen molar-refractivity contribution in [3.8, 4) is 11.5 Å². The smallest absolute Gasteiger partial charge is 0.163 e. The van der Waals surface area contributed by atoms with Crippen molar-refractivity contribution < 1.29 is 24.5 Å². The number of phenols is 1. The molecule has 1 aliphatic rings. The maximum Gasteiger partial charge on any atom is 0.163 e. The predicted octanol–water partition coefficient (Wildman–Crippen LogP) is 4.17. The third kappa shape index (κ3) is 10.1. The van der Waals surface area contributed by atoms with Crippen molar-refractivity contribution in [3.05, 3.63) is 53.3 Å². The van der Waals surface area contributed by atoms with E-state index in [9.17, 15) is 14.7 Å². The van der Waals surface area contributed by atoms with E-state index in [1.807, 2.05) is 18.4 Å². The van der Waals surface area contributed by atoms with E-state index in [4.69, 9.17) is 15.6 Å². The molecular weight excluding hydrogens is 444 g/mol. The molecule has 192 valence electrons. The van der Waals surface area contributed by atoms with E-state index in [1.54, 1.807) is 18.2 Å². The first-order valence-electron chi connectivity index (χ1n) is 12.5. The SMILES string of the molecule is CCCC(CCCO)CCCC(=O)CC(=O)C=Cc1cc(OC)c(O)cc1CC1=CNC(N)C=C1. The minimum atomic E-state index is -0.247. The lowest BCUT2D eigenvalue weighted by atomic mass is 9.91. The monoisotopic (exact) mass is 484 g/mol. The molecule has 1 aliphatic heterocycles. The summed E-state index contributed by atoms with van der Waals surface area (Å²) in [5.74, 6) is 0.557. The van der Waals surface area contributed by atoms with Crippen molar-refractivity contribution in [1.29, 1.82) is 0 Å². The van der Waals surface area contributed by atoms with Gasteiger partial charge < -0.3 is 26.0 Å². The van der Waals surface area contributed by atoms with Crippen LogP contribution in [0.15, 0.2) is 42.1 Å². The summed E-state index contributed by atoms with van der Waals surface area (Å²) in [6, 6.07) is 3.31. The Morgan fingerprint density at radius 3 is 2.66 bits per heavy atom. The van der Waals surface area contributed by atoms with Crippen LogP contribution in [-0.4, -0.2) is 41.7 Å². The molecule has 35 heavy (non-hydrogen) atoms. The molecule has 0 saturated carbocycles. The van der Waals surface area contributed by atoms with Gasteiger partial charge >= 0.3 is 0 Å². The fourth-order valence-corrected chi connectivity index (χ4v) is 4.30. The number of phenolic OH excluding ortho intramolecular Hbond substituents is 1. The second-order valence-electron chi connectivity index (χ2n) is 9.10. The van der Waals surface area contributed by atoms with E-state index in [1.165, 1.54) is 13.2 Å². The van der Waals surface area contributed by atoms with Crippen molar-refractivity contribution >= 4 is 17.6 Å². The number of nitrogens with one attached hydrogen (secondary N) is 1. The van der Waals surface area contributed by atoms with Crippen molar-refractivity contribution in [1.82, 2.24) is 5.32 Å². The highest BCUT2D eigenvalue weighted by atomic mass is 16.5. The summed E-state index contributed by atoms with van der Waals surface area (Å²) in [6.45, 7) is 2.35. The van der Waals surface area contributed by atoms with Crippen LogP contribution in [0.5, 0.6) is 11.5 Å². The summed E-state index contributed by atoms with van der Waals surface area (Å²) in [5.41, 5.74) is 8.32. The molecule has 0 fully saturated rings. The minimum absolute atomic E-state index is 0.0200. The summed E-state index contributed by atoms with van der Waals surface area (Å²) >= 11 is 0. The van der Waals surface area contributed by atoms with Crippen LogP contribution in [-0.2, 0) is 16.0 Å². The second kappa shape index (κ2) is 15.2. The molecule has 5 N–H and O–H groups in total. The zero-order chi connectivity index (χ0) is 25.6. The fourth-order valence-electron chi connectivity index (χ4n) is 4.30. The van der Waals surface area contributed by atoms with Crippen LogP contribution in [0.25, 0.3) is 6.08 Å². The maximum atomic E-state index is 12.5. The van der Waals surface area contributed by atoms with Crippen LogP contribution in [0.2, 0.25) is 0 Å². The van der Waals surface area contributed by atoms with Gasteiger partial charge in [0.2, 0.25) is 0 Å². The molecule has 0 saturated heterocycles. The highest BCUT2D eigenvalue weighted by Gasteiger charge is 2.13. The van der Waals surface area contributed by atoms with Gasteiger partial charge in [-0.3, -0.25) is 9.59 Å². The Labute approximate surface area is 208 Å². The number of ether oxygens (including phenoxy) is 1. The van der Waals surface area contributed by atoms with Crippen molar-refractivity contribution in [2.75, 3.05) is 13.7 Å². The van der Waals surface area contributed by atoms with Gasteiger partial charge in [-0.15, -0.1) is 0 Å². The summed E-state index contributed by atoms with van der Waals surface area (Å²) in [6.07, 6.45) is 15.0. The lowest BCUT2D eigenvalue weighted by Crippen LogP contribution is -2.33. The first kappa shape index (κ1) is 28.3. The Morgan fingerprint density at radius 1 is 1.23 bits per heavy atom.